The third-order valence-corrected chi connectivity index (χ3v) is 5.87. The second kappa shape index (κ2) is 8.70. The van der Waals surface area contributed by atoms with E-state index in [-0.39, 0.29) is 5.56 Å². The van der Waals surface area contributed by atoms with E-state index in [2.05, 4.69) is 30.3 Å². The Morgan fingerprint density at radius 3 is 2.85 bits per heavy atom. The molecule has 4 heterocycles. The van der Waals surface area contributed by atoms with Crippen LogP contribution < -0.4 is 5.32 Å². The Hall–Kier alpha value is -3.66. The zero-order valence-electron chi connectivity index (χ0n) is 18.1. The first kappa shape index (κ1) is 21.2. The van der Waals surface area contributed by atoms with Gasteiger partial charge in [-0.2, -0.15) is 10.1 Å². The number of carbonyl (C=O) groups is 1. The molecule has 1 saturated heterocycles. The van der Waals surface area contributed by atoms with Gasteiger partial charge in [0.25, 0.3) is 0 Å². The fourth-order valence-corrected chi connectivity index (χ4v) is 4.14. The molecule has 170 valence electrons. The molecule has 1 fully saturated rings. The summed E-state index contributed by atoms with van der Waals surface area (Å²) < 4.78 is 27.6. The molecule has 33 heavy (non-hydrogen) atoms. The highest BCUT2D eigenvalue weighted by atomic mass is 19.3. The van der Waals surface area contributed by atoms with Crippen LogP contribution in [0.3, 0.4) is 0 Å². The Balaban J connectivity index is 1.38. The van der Waals surface area contributed by atoms with Gasteiger partial charge in [-0.25, -0.2) is 18.4 Å². The third kappa shape index (κ3) is 4.34. The van der Waals surface area contributed by atoms with Crippen LogP contribution in [0.5, 0.6) is 0 Å². The Kier molecular flexibility index (Phi) is 5.59. The summed E-state index contributed by atoms with van der Waals surface area (Å²) in [5.74, 6) is -0.270. The van der Waals surface area contributed by atoms with Crippen molar-refractivity contribution in [2.75, 3.05) is 18.4 Å². The van der Waals surface area contributed by atoms with Crippen LogP contribution in [0.4, 0.5) is 20.4 Å². The molecular weight excluding hydrogens is 428 g/mol. The molecule has 1 aliphatic rings. The van der Waals surface area contributed by atoms with Crippen molar-refractivity contribution in [3.8, 4) is 5.82 Å². The van der Waals surface area contributed by atoms with Gasteiger partial charge in [0.05, 0.1) is 5.69 Å². The number of aromatic amines is 1. The zero-order chi connectivity index (χ0) is 22.9. The van der Waals surface area contributed by atoms with Gasteiger partial charge in [0.2, 0.25) is 11.7 Å². The maximum atomic E-state index is 12.9. The molecule has 0 atom stereocenters. The van der Waals surface area contributed by atoms with Crippen molar-refractivity contribution in [2.24, 2.45) is 0 Å². The summed E-state index contributed by atoms with van der Waals surface area (Å²) in [6, 6.07) is 6.87. The van der Waals surface area contributed by atoms with Gasteiger partial charge in [-0.05, 0) is 51.1 Å². The Morgan fingerprint density at radius 2 is 2.06 bits per heavy atom. The minimum Gasteiger partial charge on any atom is -0.360 e. The Bertz CT molecular complexity index is 1310. The molecule has 5 rings (SSSR count). The number of benzene rings is 1. The fraction of sp³-hybridized carbons (Fsp3) is 0.304. The SMILES string of the molecule is Cc1nn(-c2ccnc(Nc3ccc4[nH]cc(C(=O)C(F)F)c4c3)n2)cc1CN1CCCC1. The minimum absolute atomic E-state index is 0.0455. The minimum atomic E-state index is -3.06. The number of halogens is 2. The molecule has 0 aliphatic carbocycles. The maximum Gasteiger partial charge on any atom is 0.300 e. The van der Waals surface area contributed by atoms with Crippen LogP contribution in [0.15, 0.2) is 42.9 Å². The number of H-pyrrole nitrogens is 1. The lowest BCUT2D eigenvalue weighted by Gasteiger charge is -2.13. The molecule has 0 amide bonds. The molecule has 10 heteroatoms. The average molecular weight is 451 g/mol. The maximum absolute atomic E-state index is 12.9. The van der Waals surface area contributed by atoms with E-state index in [1.807, 2.05) is 13.1 Å². The van der Waals surface area contributed by atoms with E-state index in [1.165, 1.54) is 24.6 Å². The number of aromatic nitrogens is 5. The molecule has 8 nitrogen and oxygen atoms in total. The predicted molar refractivity (Wildman–Crippen MR) is 120 cm³/mol. The summed E-state index contributed by atoms with van der Waals surface area (Å²) in [7, 11) is 0. The zero-order valence-corrected chi connectivity index (χ0v) is 18.1. The Labute approximate surface area is 188 Å². The van der Waals surface area contributed by atoms with E-state index in [9.17, 15) is 13.6 Å². The summed E-state index contributed by atoms with van der Waals surface area (Å²) in [4.78, 5) is 25.9. The number of aryl methyl sites for hydroxylation is 1. The molecule has 0 bridgehead atoms. The lowest BCUT2D eigenvalue weighted by atomic mass is 10.1. The largest absolute Gasteiger partial charge is 0.360 e. The van der Waals surface area contributed by atoms with Gasteiger partial charge < -0.3 is 10.3 Å². The average Bonchev–Trinajstić information content (AvgIpc) is 3.54. The van der Waals surface area contributed by atoms with Crippen LogP contribution >= 0.6 is 0 Å². The van der Waals surface area contributed by atoms with Crippen molar-refractivity contribution in [2.45, 2.75) is 32.7 Å². The second-order valence-electron chi connectivity index (χ2n) is 8.16. The molecule has 4 aromatic rings. The molecule has 0 spiro atoms. The first-order valence-corrected chi connectivity index (χ1v) is 10.8. The number of rotatable bonds is 7. The predicted octanol–water partition coefficient (Wildman–Crippen LogP) is 4.24. The number of nitrogens with zero attached hydrogens (tertiary/aromatic N) is 5. The van der Waals surface area contributed by atoms with E-state index in [0.29, 0.717) is 28.4 Å². The first-order valence-electron chi connectivity index (χ1n) is 10.8. The number of ketones is 1. The van der Waals surface area contributed by atoms with Gasteiger partial charge in [0.15, 0.2) is 5.82 Å². The number of Topliss-reactive ketones (excluding diaryl/α,β-unsaturated/α-hetero) is 1. The van der Waals surface area contributed by atoms with Crippen LogP contribution in [0, 0.1) is 6.92 Å². The molecule has 1 aliphatic heterocycles. The number of hydrogen-bond acceptors (Lipinski definition) is 6. The van der Waals surface area contributed by atoms with Gasteiger partial charge in [0, 0.05) is 58.9 Å². The van der Waals surface area contributed by atoms with Crippen molar-refractivity contribution in [3.05, 3.63) is 59.7 Å². The molecule has 0 radical (unpaired) electrons. The fourth-order valence-electron chi connectivity index (χ4n) is 4.14. The summed E-state index contributed by atoms with van der Waals surface area (Å²) in [6.45, 7) is 5.09. The second-order valence-corrected chi connectivity index (χ2v) is 8.16. The smallest absolute Gasteiger partial charge is 0.300 e. The number of carbonyl (C=O) groups excluding carboxylic acids is 1. The quantitative estimate of drug-likeness (QED) is 0.409. The van der Waals surface area contributed by atoms with Gasteiger partial charge >= 0.3 is 6.43 Å². The van der Waals surface area contributed by atoms with Crippen molar-refractivity contribution in [1.82, 2.24) is 29.6 Å². The van der Waals surface area contributed by atoms with E-state index >= 15 is 0 Å². The van der Waals surface area contributed by atoms with Crippen LogP contribution in [-0.4, -0.2) is 54.9 Å². The number of nitrogens with one attached hydrogen (secondary N) is 2. The normalized spacial score (nSPS) is 14.4. The van der Waals surface area contributed by atoms with Crippen molar-refractivity contribution in [3.63, 3.8) is 0 Å². The highest BCUT2D eigenvalue weighted by Gasteiger charge is 2.21. The van der Waals surface area contributed by atoms with Gasteiger partial charge in [0.1, 0.15) is 0 Å². The first-order chi connectivity index (χ1) is 16.0. The van der Waals surface area contributed by atoms with Crippen molar-refractivity contribution < 1.29 is 13.6 Å². The number of likely N-dealkylation sites (tertiary alicyclic amines) is 1. The highest BCUT2D eigenvalue weighted by Crippen LogP contribution is 2.26. The lowest BCUT2D eigenvalue weighted by molar-refractivity contribution is 0.0680. The molecular formula is C23H23F2N7O. The van der Waals surface area contributed by atoms with Crippen molar-refractivity contribution in [1.29, 1.82) is 0 Å². The van der Waals surface area contributed by atoms with Crippen molar-refractivity contribution >= 4 is 28.3 Å². The molecule has 0 unspecified atom stereocenters. The van der Waals surface area contributed by atoms with Crippen LogP contribution in [0.2, 0.25) is 0 Å². The van der Waals surface area contributed by atoms with Crippen LogP contribution in [0.25, 0.3) is 16.7 Å². The number of fused-ring (bicyclic) bond motifs is 1. The van der Waals surface area contributed by atoms with Gasteiger partial charge in [-0.3, -0.25) is 9.69 Å². The van der Waals surface area contributed by atoms with Crippen LogP contribution in [-0.2, 0) is 6.54 Å². The standard InChI is InChI=1S/C23H23F2N7O/c1-14-15(12-31-8-2-3-9-31)13-32(30-14)20-6-7-26-23(29-20)28-16-4-5-19-17(10-16)18(11-27-19)21(33)22(24)25/h4-7,10-11,13,22,27H,2-3,8-9,12H2,1H3,(H,26,28,29). The van der Waals surface area contributed by atoms with E-state index in [0.717, 1.165) is 25.3 Å². The van der Waals surface area contributed by atoms with E-state index in [1.54, 1.807) is 35.1 Å². The van der Waals surface area contributed by atoms with E-state index < -0.39 is 12.2 Å². The molecule has 3 aromatic heterocycles. The Morgan fingerprint density at radius 1 is 1.24 bits per heavy atom. The molecule has 1 aromatic carbocycles. The summed E-state index contributed by atoms with van der Waals surface area (Å²) in [5.41, 5.74) is 3.25. The lowest BCUT2D eigenvalue weighted by Crippen LogP contribution is -2.18. The number of hydrogen-bond donors (Lipinski definition) is 2. The summed E-state index contributed by atoms with van der Waals surface area (Å²) >= 11 is 0. The van der Waals surface area contributed by atoms with E-state index in [4.69, 9.17) is 0 Å². The molecule has 2 N–H and O–H groups in total. The van der Waals surface area contributed by atoms with Crippen LogP contribution in [0.1, 0.15) is 34.5 Å². The number of anilines is 2. The number of alkyl halides is 2. The molecule has 0 saturated carbocycles. The van der Waals surface area contributed by atoms with Gasteiger partial charge in [-0.15, -0.1) is 0 Å². The highest BCUT2D eigenvalue weighted by molar-refractivity contribution is 6.10. The topological polar surface area (TPSA) is 91.7 Å². The van der Waals surface area contributed by atoms with Gasteiger partial charge in [-0.1, -0.05) is 0 Å². The summed E-state index contributed by atoms with van der Waals surface area (Å²) in [6.07, 6.45) is 4.34. The monoisotopic (exact) mass is 451 g/mol. The summed E-state index contributed by atoms with van der Waals surface area (Å²) in [5, 5.41) is 8.11. The third-order valence-electron chi connectivity index (χ3n) is 5.87.